The number of nitrogens with two attached hydrogens (primary N) is 1. The van der Waals surface area contributed by atoms with Crippen molar-refractivity contribution in [1.82, 2.24) is 9.80 Å². The van der Waals surface area contributed by atoms with Crippen LogP contribution in [0.3, 0.4) is 0 Å². The van der Waals surface area contributed by atoms with Crippen molar-refractivity contribution in [3.8, 4) is 0 Å². The van der Waals surface area contributed by atoms with Crippen molar-refractivity contribution in [2.75, 3.05) is 26.2 Å². The van der Waals surface area contributed by atoms with Gasteiger partial charge in [-0.05, 0) is 25.0 Å². The molecule has 4 heteroatoms. The minimum atomic E-state index is -0.386. The van der Waals surface area contributed by atoms with Gasteiger partial charge in [-0.1, -0.05) is 24.3 Å². The monoisotopic (exact) mass is 261 g/mol. The Bertz CT molecular complexity index is 437. The highest BCUT2D eigenvalue weighted by Crippen LogP contribution is 2.12. The third-order valence-corrected chi connectivity index (χ3v) is 3.73. The molecule has 0 radical (unpaired) electrons. The van der Waals surface area contributed by atoms with E-state index in [9.17, 15) is 4.79 Å². The largest absolute Gasteiger partial charge is 0.339 e. The zero-order valence-electron chi connectivity index (χ0n) is 11.8. The first-order valence-corrected chi connectivity index (χ1v) is 6.89. The molecule has 1 amide bonds. The SMILES string of the molecule is Cc1ccccc1CN1CCN(C(=O)C(C)N)CC1. The Morgan fingerprint density at radius 1 is 1.26 bits per heavy atom. The van der Waals surface area contributed by atoms with Crippen LogP contribution in [-0.4, -0.2) is 47.9 Å². The Morgan fingerprint density at radius 3 is 2.47 bits per heavy atom. The molecule has 1 aliphatic heterocycles. The molecule has 19 heavy (non-hydrogen) atoms. The Morgan fingerprint density at radius 2 is 1.89 bits per heavy atom. The Balaban J connectivity index is 1.87. The molecule has 0 aliphatic carbocycles. The second-order valence-corrected chi connectivity index (χ2v) is 5.32. The van der Waals surface area contributed by atoms with Crippen LogP contribution < -0.4 is 5.73 Å². The van der Waals surface area contributed by atoms with E-state index >= 15 is 0 Å². The molecule has 1 aliphatic rings. The van der Waals surface area contributed by atoms with Gasteiger partial charge in [0.25, 0.3) is 0 Å². The Labute approximate surface area is 115 Å². The lowest BCUT2D eigenvalue weighted by Gasteiger charge is -2.35. The normalized spacial score (nSPS) is 18.4. The third-order valence-electron chi connectivity index (χ3n) is 3.73. The summed E-state index contributed by atoms with van der Waals surface area (Å²) < 4.78 is 0. The number of hydrogen-bond acceptors (Lipinski definition) is 3. The number of rotatable bonds is 3. The van der Waals surface area contributed by atoms with Crippen molar-refractivity contribution < 1.29 is 4.79 Å². The van der Waals surface area contributed by atoms with Crippen molar-refractivity contribution in [3.05, 3.63) is 35.4 Å². The van der Waals surface area contributed by atoms with Gasteiger partial charge in [0.2, 0.25) is 5.91 Å². The number of aryl methyl sites for hydroxylation is 1. The van der Waals surface area contributed by atoms with Crippen LogP contribution in [-0.2, 0) is 11.3 Å². The first kappa shape index (κ1) is 14.0. The number of benzene rings is 1. The number of piperazine rings is 1. The van der Waals surface area contributed by atoms with Crippen molar-refractivity contribution in [3.63, 3.8) is 0 Å². The summed E-state index contributed by atoms with van der Waals surface area (Å²) in [6.07, 6.45) is 0. The van der Waals surface area contributed by atoms with Gasteiger partial charge in [-0.15, -0.1) is 0 Å². The van der Waals surface area contributed by atoms with Crippen molar-refractivity contribution >= 4 is 5.91 Å². The van der Waals surface area contributed by atoms with Crippen LogP contribution in [0.15, 0.2) is 24.3 Å². The molecule has 1 fully saturated rings. The molecule has 1 heterocycles. The van der Waals surface area contributed by atoms with E-state index < -0.39 is 0 Å². The average molecular weight is 261 g/mol. The lowest BCUT2D eigenvalue weighted by atomic mass is 10.1. The maximum Gasteiger partial charge on any atom is 0.239 e. The van der Waals surface area contributed by atoms with Crippen LogP contribution in [0.1, 0.15) is 18.1 Å². The molecule has 1 aromatic rings. The lowest BCUT2D eigenvalue weighted by Crippen LogP contribution is -2.52. The number of carbonyl (C=O) groups is 1. The molecule has 1 saturated heterocycles. The molecule has 4 nitrogen and oxygen atoms in total. The van der Waals surface area contributed by atoms with Gasteiger partial charge in [0.15, 0.2) is 0 Å². The predicted molar refractivity (Wildman–Crippen MR) is 76.7 cm³/mol. The van der Waals surface area contributed by atoms with Gasteiger partial charge >= 0.3 is 0 Å². The van der Waals surface area contributed by atoms with Crippen molar-refractivity contribution in [2.45, 2.75) is 26.4 Å². The summed E-state index contributed by atoms with van der Waals surface area (Å²) >= 11 is 0. The minimum absolute atomic E-state index is 0.0653. The van der Waals surface area contributed by atoms with E-state index in [2.05, 4.69) is 36.1 Å². The molecule has 0 bridgehead atoms. The maximum atomic E-state index is 11.8. The van der Waals surface area contributed by atoms with Gasteiger partial charge in [-0.25, -0.2) is 0 Å². The summed E-state index contributed by atoms with van der Waals surface area (Å²) in [5.41, 5.74) is 8.34. The maximum absolute atomic E-state index is 11.8. The topological polar surface area (TPSA) is 49.6 Å². The fourth-order valence-corrected chi connectivity index (χ4v) is 2.44. The van der Waals surface area contributed by atoms with Crippen LogP contribution in [0.5, 0.6) is 0 Å². The second kappa shape index (κ2) is 6.17. The number of amides is 1. The van der Waals surface area contributed by atoms with E-state index in [0.717, 1.165) is 32.7 Å². The molecular formula is C15H23N3O. The smallest absolute Gasteiger partial charge is 0.239 e. The van der Waals surface area contributed by atoms with E-state index in [1.54, 1.807) is 6.92 Å². The molecule has 0 aromatic heterocycles. The molecular weight excluding hydrogens is 238 g/mol. The third kappa shape index (κ3) is 3.55. The molecule has 1 unspecified atom stereocenters. The zero-order chi connectivity index (χ0) is 13.8. The average Bonchev–Trinajstić information content (AvgIpc) is 2.41. The first-order valence-electron chi connectivity index (χ1n) is 6.89. The summed E-state index contributed by atoms with van der Waals surface area (Å²) in [6, 6.07) is 8.08. The van der Waals surface area contributed by atoms with Crippen LogP contribution >= 0.6 is 0 Å². The van der Waals surface area contributed by atoms with Crippen LogP contribution in [0.2, 0.25) is 0 Å². The highest BCUT2D eigenvalue weighted by atomic mass is 16.2. The van der Waals surface area contributed by atoms with Crippen molar-refractivity contribution in [1.29, 1.82) is 0 Å². The molecule has 1 aromatic carbocycles. The quantitative estimate of drug-likeness (QED) is 0.882. The number of nitrogens with zero attached hydrogens (tertiary/aromatic N) is 2. The molecule has 0 spiro atoms. The lowest BCUT2D eigenvalue weighted by molar-refractivity contribution is -0.134. The van der Waals surface area contributed by atoms with E-state index in [0.29, 0.717) is 0 Å². The standard InChI is InChI=1S/C15H23N3O/c1-12-5-3-4-6-14(12)11-17-7-9-18(10-8-17)15(19)13(2)16/h3-6,13H,7-11,16H2,1-2H3. The summed E-state index contributed by atoms with van der Waals surface area (Å²) in [4.78, 5) is 16.1. The second-order valence-electron chi connectivity index (χ2n) is 5.32. The summed E-state index contributed by atoms with van der Waals surface area (Å²) in [5.74, 6) is 0.0653. The fourth-order valence-electron chi connectivity index (χ4n) is 2.44. The first-order chi connectivity index (χ1) is 9.08. The predicted octanol–water partition coefficient (Wildman–Crippen LogP) is 0.986. The summed E-state index contributed by atoms with van der Waals surface area (Å²) in [5, 5.41) is 0. The van der Waals surface area contributed by atoms with Gasteiger partial charge in [0, 0.05) is 32.7 Å². The van der Waals surface area contributed by atoms with E-state index in [-0.39, 0.29) is 11.9 Å². The number of carbonyl (C=O) groups excluding carboxylic acids is 1. The zero-order valence-corrected chi connectivity index (χ0v) is 11.8. The van der Waals surface area contributed by atoms with Crippen molar-refractivity contribution in [2.24, 2.45) is 5.73 Å². The van der Waals surface area contributed by atoms with Gasteiger partial charge < -0.3 is 10.6 Å². The summed E-state index contributed by atoms with van der Waals surface area (Å²) in [6.45, 7) is 8.28. The Hall–Kier alpha value is -1.39. The minimum Gasteiger partial charge on any atom is -0.339 e. The molecule has 1 atom stereocenters. The van der Waals surface area contributed by atoms with Gasteiger partial charge in [0.05, 0.1) is 6.04 Å². The number of hydrogen-bond donors (Lipinski definition) is 1. The van der Waals surface area contributed by atoms with Crippen LogP contribution in [0.25, 0.3) is 0 Å². The van der Waals surface area contributed by atoms with Gasteiger partial charge in [-0.2, -0.15) is 0 Å². The van der Waals surface area contributed by atoms with Gasteiger partial charge in [-0.3, -0.25) is 9.69 Å². The molecule has 2 rings (SSSR count). The van der Waals surface area contributed by atoms with E-state index in [4.69, 9.17) is 5.73 Å². The van der Waals surface area contributed by atoms with Crippen LogP contribution in [0, 0.1) is 6.92 Å². The Kier molecular flexibility index (Phi) is 4.56. The molecule has 2 N–H and O–H groups in total. The molecule has 0 saturated carbocycles. The molecule has 104 valence electrons. The highest BCUT2D eigenvalue weighted by Gasteiger charge is 2.23. The van der Waals surface area contributed by atoms with E-state index in [1.807, 2.05) is 4.90 Å². The summed E-state index contributed by atoms with van der Waals surface area (Å²) in [7, 11) is 0. The van der Waals surface area contributed by atoms with Gasteiger partial charge in [0.1, 0.15) is 0 Å². The highest BCUT2D eigenvalue weighted by molar-refractivity contribution is 5.81. The van der Waals surface area contributed by atoms with Crippen LogP contribution in [0.4, 0.5) is 0 Å². The van der Waals surface area contributed by atoms with E-state index in [1.165, 1.54) is 11.1 Å². The fraction of sp³-hybridized carbons (Fsp3) is 0.533.